The first-order chi connectivity index (χ1) is 9.08. The average molecular weight is 276 g/mol. The number of amides is 1. The van der Waals surface area contributed by atoms with Gasteiger partial charge in [-0.2, -0.15) is 0 Å². The molecule has 3 N–H and O–H groups in total. The number of nitrogens with one attached hydrogen (secondary N) is 1. The van der Waals surface area contributed by atoms with Crippen LogP contribution < -0.4 is 11.1 Å². The Balaban J connectivity index is 2.06. The maximum Gasteiger partial charge on any atom is 0.230 e. The lowest BCUT2D eigenvalue weighted by atomic mass is 9.94. The van der Waals surface area contributed by atoms with E-state index in [1.165, 1.54) is 0 Å². The van der Waals surface area contributed by atoms with E-state index < -0.39 is 0 Å². The number of hydrogen-bond acceptors (Lipinski definition) is 2. The molecule has 1 aromatic carbocycles. The van der Waals surface area contributed by atoms with Gasteiger partial charge in [0.1, 0.15) is 0 Å². The third-order valence-corrected chi connectivity index (χ3v) is 3.95. The van der Waals surface area contributed by atoms with Crippen molar-refractivity contribution in [3.63, 3.8) is 0 Å². The second-order valence-electron chi connectivity index (χ2n) is 5.20. The van der Waals surface area contributed by atoms with Crippen molar-refractivity contribution in [3.05, 3.63) is 35.9 Å². The summed E-state index contributed by atoms with van der Waals surface area (Å²) in [5.74, 6) is 0.113. The van der Waals surface area contributed by atoms with E-state index in [2.05, 4.69) is 5.32 Å². The fraction of sp³-hybridized carbons (Fsp3) is 0.467. The SMILES string of the molecule is CCC(CC(N)=S)NC(=O)C1(c2ccccc2)CC1. The van der Waals surface area contributed by atoms with Gasteiger partial charge in [0.15, 0.2) is 0 Å². The molecule has 1 atom stereocenters. The molecule has 3 nitrogen and oxygen atoms in total. The van der Waals surface area contributed by atoms with Crippen molar-refractivity contribution in [2.45, 2.75) is 44.1 Å². The van der Waals surface area contributed by atoms with E-state index in [4.69, 9.17) is 18.0 Å². The second-order valence-corrected chi connectivity index (χ2v) is 5.72. The molecule has 1 saturated carbocycles. The molecule has 102 valence electrons. The van der Waals surface area contributed by atoms with Gasteiger partial charge in [0.25, 0.3) is 0 Å². The summed E-state index contributed by atoms with van der Waals surface area (Å²) in [5.41, 5.74) is 6.35. The Hall–Kier alpha value is -1.42. The van der Waals surface area contributed by atoms with Crippen LogP contribution in [0.3, 0.4) is 0 Å². The van der Waals surface area contributed by atoms with Gasteiger partial charge in [-0.05, 0) is 24.8 Å². The van der Waals surface area contributed by atoms with Crippen molar-refractivity contribution in [1.29, 1.82) is 0 Å². The van der Waals surface area contributed by atoms with E-state index >= 15 is 0 Å². The molecule has 1 aliphatic carbocycles. The summed E-state index contributed by atoms with van der Waals surface area (Å²) in [7, 11) is 0. The molecular formula is C15H20N2OS. The Morgan fingerprint density at radius 2 is 2.05 bits per heavy atom. The van der Waals surface area contributed by atoms with E-state index in [9.17, 15) is 4.79 Å². The second kappa shape index (κ2) is 5.70. The first-order valence-electron chi connectivity index (χ1n) is 6.73. The van der Waals surface area contributed by atoms with Crippen LogP contribution in [0.25, 0.3) is 0 Å². The summed E-state index contributed by atoms with van der Waals surface area (Å²) in [5, 5.41) is 3.09. The first kappa shape index (κ1) is 14.0. The van der Waals surface area contributed by atoms with Crippen LogP contribution in [0.4, 0.5) is 0 Å². The highest BCUT2D eigenvalue weighted by Gasteiger charge is 2.51. The molecule has 1 unspecified atom stereocenters. The van der Waals surface area contributed by atoms with E-state index in [1.807, 2.05) is 37.3 Å². The zero-order valence-electron chi connectivity index (χ0n) is 11.2. The van der Waals surface area contributed by atoms with E-state index in [1.54, 1.807) is 0 Å². The van der Waals surface area contributed by atoms with Crippen LogP contribution in [-0.4, -0.2) is 16.9 Å². The lowest BCUT2D eigenvalue weighted by Crippen LogP contribution is -2.42. The summed E-state index contributed by atoms with van der Waals surface area (Å²) < 4.78 is 0. The summed E-state index contributed by atoms with van der Waals surface area (Å²) in [4.78, 5) is 12.9. The quantitative estimate of drug-likeness (QED) is 0.784. The highest BCUT2D eigenvalue weighted by atomic mass is 32.1. The Morgan fingerprint density at radius 3 is 2.53 bits per heavy atom. The maximum absolute atomic E-state index is 12.5. The number of hydrogen-bond donors (Lipinski definition) is 2. The third kappa shape index (κ3) is 3.13. The number of carbonyl (C=O) groups is 1. The fourth-order valence-corrected chi connectivity index (χ4v) is 2.59. The molecule has 1 fully saturated rings. The van der Waals surface area contributed by atoms with Gasteiger partial charge in [-0.15, -0.1) is 0 Å². The Labute approximate surface area is 119 Å². The number of carbonyl (C=O) groups excluding carboxylic acids is 1. The molecule has 0 aromatic heterocycles. The molecule has 0 radical (unpaired) electrons. The number of thiocarbonyl (C=S) groups is 1. The predicted molar refractivity (Wildman–Crippen MR) is 81.0 cm³/mol. The summed E-state index contributed by atoms with van der Waals surface area (Å²) >= 11 is 4.92. The number of nitrogens with two attached hydrogens (primary N) is 1. The van der Waals surface area contributed by atoms with Crippen LogP contribution in [-0.2, 0) is 10.2 Å². The molecular weight excluding hydrogens is 256 g/mol. The average Bonchev–Trinajstić information content (AvgIpc) is 3.20. The lowest BCUT2D eigenvalue weighted by Gasteiger charge is -2.21. The van der Waals surface area contributed by atoms with Crippen molar-refractivity contribution >= 4 is 23.1 Å². The van der Waals surface area contributed by atoms with Crippen LogP contribution in [0.1, 0.15) is 38.2 Å². The zero-order valence-corrected chi connectivity index (χ0v) is 12.0. The number of benzene rings is 1. The summed E-state index contributed by atoms with van der Waals surface area (Å²) in [6.45, 7) is 2.03. The maximum atomic E-state index is 12.5. The van der Waals surface area contributed by atoms with Crippen molar-refractivity contribution < 1.29 is 4.79 Å². The molecule has 2 rings (SSSR count). The van der Waals surface area contributed by atoms with E-state index in [0.29, 0.717) is 11.4 Å². The normalized spacial score (nSPS) is 17.5. The van der Waals surface area contributed by atoms with Crippen LogP contribution in [0.5, 0.6) is 0 Å². The van der Waals surface area contributed by atoms with E-state index in [-0.39, 0.29) is 17.4 Å². The van der Waals surface area contributed by atoms with Crippen molar-refractivity contribution in [1.82, 2.24) is 5.32 Å². The van der Waals surface area contributed by atoms with Gasteiger partial charge in [0, 0.05) is 12.5 Å². The fourth-order valence-electron chi connectivity index (χ4n) is 2.39. The van der Waals surface area contributed by atoms with Crippen LogP contribution in [0.15, 0.2) is 30.3 Å². The zero-order chi connectivity index (χ0) is 13.9. The monoisotopic (exact) mass is 276 g/mol. The predicted octanol–water partition coefficient (Wildman–Crippen LogP) is 2.29. The Morgan fingerprint density at radius 1 is 1.42 bits per heavy atom. The van der Waals surface area contributed by atoms with Crippen LogP contribution >= 0.6 is 12.2 Å². The molecule has 1 aliphatic rings. The number of rotatable bonds is 6. The molecule has 19 heavy (non-hydrogen) atoms. The molecule has 1 amide bonds. The lowest BCUT2D eigenvalue weighted by molar-refractivity contribution is -0.124. The minimum Gasteiger partial charge on any atom is -0.393 e. The Bertz CT molecular complexity index is 468. The minimum atomic E-state index is -0.315. The van der Waals surface area contributed by atoms with Crippen LogP contribution in [0, 0.1) is 0 Å². The van der Waals surface area contributed by atoms with Crippen molar-refractivity contribution in [2.75, 3.05) is 0 Å². The van der Waals surface area contributed by atoms with Gasteiger partial charge in [-0.1, -0.05) is 49.5 Å². The molecule has 0 saturated heterocycles. The van der Waals surface area contributed by atoms with Crippen molar-refractivity contribution in [2.24, 2.45) is 5.73 Å². The molecule has 0 heterocycles. The smallest absolute Gasteiger partial charge is 0.230 e. The first-order valence-corrected chi connectivity index (χ1v) is 7.14. The van der Waals surface area contributed by atoms with Gasteiger partial charge in [-0.3, -0.25) is 4.79 Å². The standard InChI is InChI=1S/C15H20N2OS/c1-2-12(10-13(16)19)17-14(18)15(8-9-15)11-6-4-3-5-7-11/h3-7,12H,2,8-10H2,1H3,(H2,16,19)(H,17,18). The molecule has 0 spiro atoms. The molecule has 4 heteroatoms. The van der Waals surface area contributed by atoms with Gasteiger partial charge >= 0.3 is 0 Å². The topological polar surface area (TPSA) is 55.1 Å². The van der Waals surface area contributed by atoms with Crippen molar-refractivity contribution in [3.8, 4) is 0 Å². The summed E-state index contributed by atoms with van der Waals surface area (Å²) in [6.07, 6.45) is 3.26. The summed E-state index contributed by atoms with van der Waals surface area (Å²) in [6, 6.07) is 10.0. The highest BCUT2D eigenvalue weighted by Crippen LogP contribution is 2.48. The third-order valence-electron chi connectivity index (χ3n) is 3.79. The van der Waals surface area contributed by atoms with Gasteiger partial charge in [0.2, 0.25) is 5.91 Å². The minimum absolute atomic E-state index is 0.0474. The largest absolute Gasteiger partial charge is 0.393 e. The molecule has 1 aromatic rings. The van der Waals surface area contributed by atoms with Gasteiger partial charge < -0.3 is 11.1 Å². The highest BCUT2D eigenvalue weighted by molar-refractivity contribution is 7.80. The molecule has 0 aliphatic heterocycles. The van der Waals surface area contributed by atoms with Gasteiger partial charge in [-0.25, -0.2) is 0 Å². The molecule has 0 bridgehead atoms. The Kier molecular flexibility index (Phi) is 4.20. The van der Waals surface area contributed by atoms with E-state index in [0.717, 1.165) is 24.8 Å². The van der Waals surface area contributed by atoms with Gasteiger partial charge in [0.05, 0.1) is 10.4 Å². The van der Waals surface area contributed by atoms with Crippen LogP contribution in [0.2, 0.25) is 0 Å².